The van der Waals surface area contributed by atoms with Crippen molar-refractivity contribution in [1.82, 2.24) is 0 Å². The number of hydrogen-bond acceptors (Lipinski definition) is 1. The zero-order valence-corrected chi connectivity index (χ0v) is 6.71. The molecule has 0 amide bonds. The van der Waals surface area contributed by atoms with Gasteiger partial charge in [0.05, 0.1) is 0 Å². The Morgan fingerprint density at radius 3 is 2.82 bits per heavy atom. The van der Waals surface area contributed by atoms with Gasteiger partial charge in [0, 0.05) is 5.92 Å². The zero-order valence-electron chi connectivity index (χ0n) is 6.71. The van der Waals surface area contributed by atoms with E-state index in [2.05, 4.69) is 19.6 Å². The van der Waals surface area contributed by atoms with Gasteiger partial charge in [0.2, 0.25) is 0 Å². The molecule has 1 aromatic heterocycles. The predicted octanol–water partition coefficient (Wildman–Crippen LogP) is 3.05. The molecule has 1 heterocycles. The van der Waals surface area contributed by atoms with Crippen molar-refractivity contribution in [2.45, 2.75) is 19.3 Å². The van der Waals surface area contributed by atoms with Crippen molar-refractivity contribution in [3.05, 3.63) is 30.2 Å². The molecule has 0 aromatic carbocycles. The van der Waals surface area contributed by atoms with Crippen molar-refractivity contribution < 1.29 is 4.42 Å². The van der Waals surface area contributed by atoms with Crippen LogP contribution >= 0.6 is 0 Å². The van der Waals surface area contributed by atoms with Crippen LogP contribution in [-0.4, -0.2) is 0 Å². The van der Waals surface area contributed by atoms with Crippen LogP contribution in [0.15, 0.2) is 23.1 Å². The second-order valence-corrected chi connectivity index (χ2v) is 3.26. The van der Waals surface area contributed by atoms with E-state index in [1.54, 1.807) is 6.08 Å². The van der Waals surface area contributed by atoms with Crippen LogP contribution in [0, 0.1) is 5.92 Å². The highest BCUT2D eigenvalue weighted by Gasteiger charge is 2.36. The van der Waals surface area contributed by atoms with Crippen molar-refractivity contribution in [2.75, 3.05) is 0 Å². The fraction of sp³-hybridized carbons (Fsp3) is 0.400. The van der Waals surface area contributed by atoms with Gasteiger partial charge in [-0.15, -0.1) is 0 Å². The smallest absolute Gasteiger partial charge is 0.126 e. The van der Waals surface area contributed by atoms with Gasteiger partial charge in [-0.25, -0.2) is 0 Å². The third-order valence-electron chi connectivity index (χ3n) is 2.32. The summed E-state index contributed by atoms with van der Waals surface area (Å²) >= 11 is 0. The average Bonchev–Trinajstić information content (AvgIpc) is 2.59. The first kappa shape index (κ1) is 6.71. The summed E-state index contributed by atoms with van der Waals surface area (Å²) in [6.07, 6.45) is 3.03. The fourth-order valence-corrected chi connectivity index (χ4v) is 1.40. The maximum Gasteiger partial charge on any atom is 0.126 e. The Bertz CT molecular complexity index is 272. The molecular weight excluding hydrogens is 136 g/mol. The molecule has 2 atom stereocenters. The standard InChI is InChI=1S/C10H12O/c1-3-8-4-5-10(11-8)9-6-7(9)2/h3-5,7,9H,1,6H2,2H3/t7-,9-/m1/s1. The van der Waals surface area contributed by atoms with Crippen LogP contribution in [0.1, 0.15) is 30.8 Å². The van der Waals surface area contributed by atoms with Crippen LogP contribution in [0.3, 0.4) is 0 Å². The second kappa shape index (κ2) is 2.26. The van der Waals surface area contributed by atoms with E-state index < -0.39 is 0 Å². The molecule has 1 aliphatic carbocycles. The zero-order chi connectivity index (χ0) is 7.84. The van der Waals surface area contributed by atoms with Crippen molar-refractivity contribution in [3.63, 3.8) is 0 Å². The first-order chi connectivity index (χ1) is 5.31. The molecule has 1 saturated carbocycles. The van der Waals surface area contributed by atoms with E-state index in [-0.39, 0.29) is 0 Å². The summed E-state index contributed by atoms with van der Waals surface area (Å²) in [6.45, 7) is 5.90. The van der Waals surface area contributed by atoms with E-state index in [0.29, 0.717) is 5.92 Å². The van der Waals surface area contributed by atoms with Gasteiger partial charge in [-0.2, -0.15) is 0 Å². The number of rotatable bonds is 2. The molecule has 0 radical (unpaired) electrons. The summed E-state index contributed by atoms with van der Waals surface area (Å²) in [5.74, 6) is 3.52. The van der Waals surface area contributed by atoms with Gasteiger partial charge in [0.15, 0.2) is 0 Å². The summed E-state index contributed by atoms with van der Waals surface area (Å²) in [4.78, 5) is 0. The minimum Gasteiger partial charge on any atom is -0.461 e. The molecule has 1 heteroatoms. The van der Waals surface area contributed by atoms with E-state index in [9.17, 15) is 0 Å². The lowest BCUT2D eigenvalue weighted by molar-refractivity contribution is 0.498. The second-order valence-electron chi connectivity index (χ2n) is 3.26. The Kier molecular flexibility index (Phi) is 1.38. The fourth-order valence-electron chi connectivity index (χ4n) is 1.40. The van der Waals surface area contributed by atoms with Gasteiger partial charge in [-0.1, -0.05) is 13.5 Å². The minimum atomic E-state index is 0.684. The van der Waals surface area contributed by atoms with Crippen LogP contribution in [0.5, 0.6) is 0 Å². The van der Waals surface area contributed by atoms with E-state index >= 15 is 0 Å². The Labute approximate surface area is 66.7 Å². The first-order valence-corrected chi connectivity index (χ1v) is 4.03. The molecule has 0 bridgehead atoms. The Morgan fingerprint density at radius 2 is 2.36 bits per heavy atom. The van der Waals surface area contributed by atoms with Crippen molar-refractivity contribution in [1.29, 1.82) is 0 Å². The molecule has 2 rings (SSSR count). The highest BCUT2D eigenvalue weighted by atomic mass is 16.3. The van der Waals surface area contributed by atoms with Crippen LogP contribution in [0.4, 0.5) is 0 Å². The lowest BCUT2D eigenvalue weighted by Crippen LogP contribution is -1.73. The highest BCUT2D eigenvalue weighted by Crippen LogP contribution is 2.47. The minimum absolute atomic E-state index is 0.684. The summed E-state index contributed by atoms with van der Waals surface area (Å²) in [5.41, 5.74) is 0. The van der Waals surface area contributed by atoms with Gasteiger partial charge in [0.1, 0.15) is 11.5 Å². The van der Waals surface area contributed by atoms with Gasteiger partial charge >= 0.3 is 0 Å². The maximum absolute atomic E-state index is 5.51. The van der Waals surface area contributed by atoms with Crippen LogP contribution in [0.25, 0.3) is 6.08 Å². The molecule has 0 spiro atoms. The Morgan fingerprint density at radius 1 is 1.64 bits per heavy atom. The topological polar surface area (TPSA) is 13.1 Å². The molecule has 1 aliphatic rings. The van der Waals surface area contributed by atoms with Crippen molar-refractivity contribution >= 4 is 6.08 Å². The Balaban J connectivity index is 2.19. The van der Waals surface area contributed by atoms with E-state index in [0.717, 1.165) is 17.4 Å². The molecule has 0 saturated heterocycles. The maximum atomic E-state index is 5.51. The lowest BCUT2D eigenvalue weighted by atomic mass is 10.3. The van der Waals surface area contributed by atoms with Gasteiger partial charge in [-0.05, 0) is 30.5 Å². The van der Waals surface area contributed by atoms with E-state index in [1.807, 2.05) is 6.07 Å². The van der Waals surface area contributed by atoms with E-state index in [1.165, 1.54) is 6.42 Å². The molecule has 1 nitrogen and oxygen atoms in total. The first-order valence-electron chi connectivity index (χ1n) is 4.03. The average molecular weight is 148 g/mol. The summed E-state index contributed by atoms with van der Waals surface area (Å²) in [7, 11) is 0. The highest BCUT2D eigenvalue weighted by molar-refractivity contribution is 5.40. The molecule has 11 heavy (non-hydrogen) atoms. The predicted molar refractivity (Wildman–Crippen MR) is 45.3 cm³/mol. The van der Waals surface area contributed by atoms with Crippen LogP contribution < -0.4 is 0 Å². The van der Waals surface area contributed by atoms with Gasteiger partial charge < -0.3 is 4.42 Å². The van der Waals surface area contributed by atoms with Crippen LogP contribution in [-0.2, 0) is 0 Å². The van der Waals surface area contributed by atoms with Crippen molar-refractivity contribution in [2.24, 2.45) is 5.92 Å². The van der Waals surface area contributed by atoms with Gasteiger partial charge in [0.25, 0.3) is 0 Å². The monoisotopic (exact) mass is 148 g/mol. The molecule has 1 fully saturated rings. The molecule has 0 N–H and O–H groups in total. The number of furan rings is 1. The van der Waals surface area contributed by atoms with Crippen LogP contribution in [0.2, 0.25) is 0 Å². The lowest BCUT2D eigenvalue weighted by Gasteiger charge is -1.88. The molecule has 1 aromatic rings. The normalized spacial score (nSPS) is 28.5. The summed E-state index contributed by atoms with van der Waals surface area (Å²) in [6, 6.07) is 4.04. The largest absolute Gasteiger partial charge is 0.461 e. The summed E-state index contributed by atoms with van der Waals surface area (Å²) in [5, 5.41) is 0. The quantitative estimate of drug-likeness (QED) is 0.628. The van der Waals surface area contributed by atoms with E-state index in [4.69, 9.17) is 4.42 Å². The third kappa shape index (κ3) is 1.11. The van der Waals surface area contributed by atoms with Crippen molar-refractivity contribution in [3.8, 4) is 0 Å². The third-order valence-corrected chi connectivity index (χ3v) is 2.32. The molecule has 0 aliphatic heterocycles. The number of hydrogen-bond donors (Lipinski definition) is 0. The molecular formula is C10H12O. The molecule has 58 valence electrons. The molecule has 0 unspecified atom stereocenters. The van der Waals surface area contributed by atoms with Gasteiger partial charge in [-0.3, -0.25) is 0 Å². The Hall–Kier alpha value is -0.980. The summed E-state index contributed by atoms with van der Waals surface area (Å²) < 4.78 is 5.51. The SMILES string of the molecule is C=Cc1ccc([C@@H]2C[C@H]2C)o1.